The fraction of sp³-hybridized carbons (Fsp3) is 0.562. The van der Waals surface area contributed by atoms with Gasteiger partial charge >= 0.3 is 0 Å². The largest absolute Gasteiger partial charge is 0.388 e. The molecule has 1 aromatic rings. The van der Waals surface area contributed by atoms with Crippen LogP contribution in [0.25, 0.3) is 0 Å². The first-order valence-corrected chi connectivity index (χ1v) is 8.00. The van der Waals surface area contributed by atoms with E-state index in [1.54, 1.807) is 0 Å². The molecule has 3 N–H and O–H groups in total. The van der Waals surface area contributed by atoms with Gasteiger partial charge in [-0.2, -0.15) is 0 Å². The second-order valence-electron chi connectivity index (χ2n) is 6.44. The molecule has 3 rings (SSSR count). The average molecular weight is 307 g/mol. The summed E-state index contributed by atoms with van der Waals surface area (Å²) in [6.45, 7) is 5.38. The minimum atomic E-state index is 0.314. The normalized spacial score (nSPS) is 21.3. The molecular weight excluding hydrogens is 284 g/mol. The van der Waals surface area contributed by atoms with E-state index in [9.17, 15) is 0 Å². The van der Waals surface area contributed by atoms with E-state index in [1.807, 2.05) is 12.1 Å². The van der Waals surface area contributed by atoms with Gasteiger partial charge in [0.25, 0.3) is 0 Å². The van der Waals surface area contributed by atoms with E-state index >= 15 is 0 Å². The summed E-state index contributed by atoms with van der Waals surface area (Å²) in [6, 6.07) is 8.09. The maximum Gasteiger partial charge on any atom is 0.0911 e. The Bertz CT molecular complexity index is 502. The lowest BCUT2D eigenvalue weighted by Gasteiger charge is -2.37. The van der Waals surface area contributed by atoms with Crippen LogP contribution in [0.15, 0.2) is 24.3 Å². The van der Waals surface area contributed by atoms with Gasteiger partial charge in [0.1, 0.15) is 0 Å². The topological polar surface area (TPSA) is 56.4 Å². The number of halogens is 1. The van der Waals surface area contributed by atoms with Gasteiger partial charge in [0.05, 0.1) is 5.84 Å². The Kier molecular flexibility index (Phi) is 4.09. The summed E-state index contributed by atoms with van der Waals surface area (Å²) < 4.78 is 0. The molecule has 1 saturated carbocycles. The van der Waals surface area contributed by atoms with Crippen molar-refractivity contribution < 1.29 is 0 Å². The van der Waals surface area contributed by atoms with Crippen LogP contribution in [-0.4, -0.2) is 43.5 Å². The first-order valence-electron chi connectivity index (χ1n) is 7.62. The molecule has 1 aliphatic carbocycles. The van der Waals surface area contributed by atoms with Gasteiger partial charge in [0.2, 0.25) is 0 Å². The Balaban J connectivity index is 1.51. The number of amidine groups is 1. The molecule has 5 heteroatoms. The number of piperazine rings is 1. The molecule has 0 atom stereocenters. The Morgan fingerprint density at radius 2 is 1.76 bits per heavy atom. The van der Waals surface area contributed by atoms with Crippen LogP contribution < -0.4 is 10.6 Å². The van der Waals surface area contributed by atoms with Gasteiger partial charge in [0.15, 0.2) is 0 Å². The van der Waals surface area contributed by atoms with Crippen LogP contribution in [0, 0.1) is 10.8 Å². The fourth-order valence-corrected chi connectivity index (χ4v) is 3.39. The van der Waals surface area contributed by atoms with Gasteiger partial charge in [-0.1, -0.05) is 11.6 Å². The van der Waals surface area contributed by atoms with E-state index in [2.05, 4.69) is 21.9 Å². The smallest absolute Gasteiger partial charge is 0.0911 e. The molecule has 4 nitrogen and oxygen atoms in total. The van der Waals surface area contributed by atoms with Crippen molar-refractivity contribution >= 4 is 23.1 Å². The van der Waals surface area contributed by atoms with Crippen molar-refractivity contribution in [2.75, 3.05) is 37.6 Å². The van der Waals surface area contributed by atoms with Crippen molar-refractivity contribution in [3.05, 3.63) is 29.3 Å². The lowest BCUT2D eigenvalue weighted by molar-refractivity contribution is 0.210. The molecular formula is C16H23ClN4. The van der Waals surface area contributed by atoms with Gasteiger partial charge in [-0.15, -0.1) is 0 Å². The zero-order valence-electron chi connectivity index (χ0n) is 12.3. The molecule has 0 spiro atoms. The molecule has 2 fully saturated rings. The Labute approximate surface area is 131 Å². The monoisotopic (exact) mass is 306 g/mol. The van der Waals surface area contributed by atoms with Crippen molar-refractivity contribution in [3.63, 3.8) is 0 Å². The number of benzene rings is 1. The molecule has 1 aromatic carbocycles. The number of nitrogens with zero attached hydrogens (tertiary/aromatic N) is 2. The van der Waals surface area contributed by atoms with Crippen molar-refractivity contribution in [2.24, 2.45) is 11.1 Å². The summed E-state index contributed by atoms with van der Waals surface area (Å²) >= 11 is 5.94. The highest BCUT2D eigenvalue weighted by atomic mass is 35.5. The van der Waals surface area contributed by atoms with Crippen LogP contribution in [0.1, 0.15) is 19.3 Å². The summed E-state index contributed by atoms with van der Waals surface area (Å²) in [6.07, 6.45) is 3.22. The molecule has 1 saturated heterocycles. The lowest BCUT2D eigenvalue weighted by atomic mass is 10.0. The van der Waals surface area contributed by atoms with Gasteiger partial charge in [-0.05, 0) is 42.5 Å². The molecule has 0 aromatic heterocycles. The highest BCUT2D eigenvalue weighted by Gasteiger charge is 2.44. The summed E-state index contributed by atoms with van der Waals surface area (Å²) in [5.41, 5.74) is 7.15. The molecule has 1 heterocycles. The number of hydrogen-bond acceptors (Lipinski definition) is 3. The Morgan fingerprint density at radius 3 is 2.29 bits per heavy atom. The first-order chi connectivity index (χ1) is 10.1. The summed E-state index contributed by atoms with van der Waals surface area (Å²) in [4.78, 5) is 4.94. The maximum atomic E-state index is 7.51. The second kappa shape index (κ2) is 5.85. The van der Waals surface area contributed by atoms with Crippen molar-refractivity contribution in [1.29, 1.82) is 5.41 Å². The minimum Gasteiger partial charge on any atom is -0.388 e. The zero-order chi connectivity index (χ0) is 14.9. The van der Waals surface area contributed by atoms with Crippen LogP contribution >= 0.6 is 11.6 Å². The van der Waals surface area contributed by atoms with E-state index in [0.717, 1.165) is 44.2 Å². The van der Waals surface area contributed by atoms with Crippen LogP contribution in [-0.2, 0) is 0 Å². The summed E-state index contributed by atoms with van der Waals surface area (Å²) in [5, 5.41) is 8.30. The van der Waals surface area contributed by atoms with Gasteiger partial charge < -0.3 is 10.6 Å². The predicted octanol–water partition coefficient (Wildman–Crippen LogP) is 2.57. The third-order valence-corrected chi connectivity index (χ3v) is 4.90. The van der Waals surface area contributed by atoms with Crippen LogP contribution in [0.2, 0.25) is 5.02 Å². The third kappa shape index (κ3) is 3.69. The summed E-state index contributed by atoms with van der Waals surface area (Å²) in [7, 11) is 0. The predicted molar refractivity (Wildman–Crippen MR) is 88.3 cm³/mol. The van der Waals surface area contributed by atoms with Crippen molar-refractivity contribution in [1.82, 2.24) is 4.90 Å². The zero-order valence-corrected chi connectivity index (χ0v) is 13.1. The molecule has 1 aliphatic heterocycles. The van der Waals surface area contributed by atoms with Gasteiger partial charge in [-0.3, -0.25) is 10.3 Å². The molecule has 114 valence electrons. The van der Waals surface area contributed by atoms with Crippen molar-refractivity contribution in [2.45, 2.75) is 19.3 Å². The minimum absolute atomic E-state index is 0.314. The number of nitrogens with one attached hydrogen (secondary N) is 1. The third-order valence-electron chi connectivity index (χ3n) is 4.65. The van der Waals surface area contributed by atoms with E-state index in [4.69, 9.17) is 22.7 Å². The molecule has 0 amide bonds. The van der Waals surface area contributed by atoms with Gasteiger partial charge in [-0.25, -0.2) is 0 Å². The Morgan fingerprint density at radius 1 is 1.14 bits per heavy atom. The molecule has 2 aliphatic rings. The molecule has 21 heavy (non-hydrogen) atoms. The highest BCUT2D eigenvalue weighted by molar-refractivity contribution is 6.30. The van der Waals surface area contributed by atoms with Crippen LogP contribution in [0.5, 0.6) is 0 Å². The summed E-state index contributed by atoms with van der Waals surface area (Å²) in [5.74, 6) is 0.340. The van der Waals surface area contributed by atoms with Gasteiger partial charge in [0, 0.05) is 49.9 Å². The average Bonchev–Trinajstić information content (AvgIpc) is 3.19. The quantitative estimate of drug-likeness (QED) is 0.649. The number of rotatable bonds is 5. The maximum absolute atomic E-state index is 7.51. The van der Waals surface area contributed by atoms with Crippen molar-refractivity contribution in [3.8, 4) is 0 Å². The number of nitrogens with two attached hydrogens (primary N) is 1. The van der Waals surface area contributed by atoms with E-state index < -0.39 is 0 Å². The number of anilines is 1. The van der Waals surface area contributed by atoms with Crippen LogP contribution in [0.3, 0.4) is 0 Å². The first kappa shape index (κ1) is 14.7. The van der Waals surface area contributed by atoms with Crippen LogP contribution in [0.4, 0.5) is 5.69 Å². The number of hydrogen-bond donors (Lipinski definition) is 2. The van der Waals surface area contributed by atoms with E-state index in [-0.39, 0.29) is 0 Å². The van der Waals surface area contributed by atoms with E-state index in [0.29, 0.717) is 11.3 Å². The highest BCUT2D eigenvalue weighted by Crippen LogP contribution is 2.49. The Hall–Kier alpha value is -1.26. The molecule has 0 bridgehead atoms. The SMILES string of the molecule is N=C(N)CC1(CN2CCN(c3ccc(Cl)cc3)CC2)CC1. The molecule has 0 unspecified atom stereocenters. The standard InChI is InChI=1S/C16H23ClN4/c17-13-1-3-14(4-2-13)21-9-7-20(8-10-21)12-16(5-6-16)11-15(18)19/h1-4H,5-12H2,(H3,18,19). The lowest BCUT2D eigenvalue weighted by Crippen LogP contribution is -2.48. The fourth-order valence-electron chi connectivity index (χ4n) is 3.26. The van der Waals surface area contributed by atoms with E-state index in [1.165, 1.54) is 18.5 Å². The molecule has 0 radical (unpaired) electrons. The second-order valence-corrected chi connectivity index (χ2v) is 6.88.